The van der Waals surface area contributed by atoms with Crippen LogP contribution in [-0.2, 0) is 30.0 Å². The van der Waals surface area contributed by atoms with Crippen LogP contribution in [0.4, 0.5) is 8.78 Å². The molecular formula is C38H34F2N4O4. The highest BCUT2D eigenvalue weighted by molar-refractivity contribution is 6.11. The van der Waals surface area contributed by atoms with Crippen LogP contribution in [-0.4, -0.2) is 60.4 Å². The van der Waals surface area contributed by atoms with Gasteiger partial charge >= 0.3 is 0 Å². The van der Waals surface area contributed by atoms with Crippen LogP contribution in [0.1, 0.15) is 38.8 Å². The number of rotatable bonds is 2. The van der Waals surface area contributed by atoms with Crippen LogP contribution >= 0.6 is 0 Å². The van der Waals surface area contributed by atoms with Crippen molar-refractivity contribution in [2.24, 2.45) is 10.8 Å². The quantitative estimate of drug-likeness (QED) is 0.307. The van der Waals surface area contributed by atoms with Gasteiger partial charge in [-0.15, -0.1) is 0 Å². The van der Waals surface area contributed by atoms with Gasteiger partial charge in [0, 0.05) is 38.0 Å². The molecule has 6 rings (SSSR count). The van der Waals surface area contributed by atoms with E-state index in [1.165, 1.54) is 36.4 Å². The van der Waals surface area contributed by atoms with E-state index in [2.05, 4.69) is 9.69 Å². The number of fused-ring (bicyclic) bond motifs is 2. The van der Waals surface area contributed by atoms with Crippen molar-refractivity contribution in [3.8, 4) is 0 Å². The van der Waals surface area contributed by atoms with Gasteiger partial charge in [0.1, 0.15) is 22.5 Å². The van der Waals surface area contributed by atoms with Gasteiger partial charge in [0.05, 0.1) is 13.1 Å². The van der Waals surface area contributed by atoms with Crippen molar-refractivity contribution in [3.63, 3.8) is 0 Å². The Morgan fingerprint density at radius 2 is 0.917 bits per heavy atom. The van der Waals surface area contributed by atoms with Crippen LogP contribution in [0, 0.1) is 35.6 Å². The van der Waals surface area contributed by atoms with E-state index in [0.717, 1.165) is 0 Å². The minimum absolute atomic E-state index is 0.0508. The van der Waals surface area contributed by atoms with Crippen molar-refractivity contribution < 1.29 is 28.0 Å². The highest BCUT2D eigenvalue weighted by Gasteiger charge is 2.57. The first-order valence-corrected chi connectivity index (χ1v) is 15.3. The molecule has 0 spiro atoms. The number of ketones is 2. The van der Waals surface area contributed by atoms with Crippen molar-refractivity contribution in [1.29, 1.82) is 0 Å². The van der Waals surface area contributed by atoms with Gasteiger partial charge in [0.2, 0.25) is 23.2 Å². The van der Waals surface area contributed by atoms with Gasteiger partial charge in [-0.25, -0.2) is 18.5 Å². The Morgan fingerprint density at radius 3 is 1.21 bits per heavy atom. The van der Waals surface area contributed by atoms with E-state index >= 15 is 0 Å². The second-order valence-electron chi connectivity index (χ2n) is 13.4. The lowest BCUT2D eigenvalue weighted by Gasteiger charge is -2.48. The molecular weight excluding hydrogens is 614 g/mol. The lowest BCUT2D eigenvalue weighted by atomic mass is 9.57. The largest absolute Gasteiger partial charge is 0.341 e. The molecule has 48 heavy (non-hydrogen) atoms. The topological polar surface area (TPSA) is 83.5 Å². The average Bonchev–Trinajstić information content (AvgIpc) is 3.05. The molecule has 2 atom stereocenters. The lowest BCUT2D eigenvalue weighted by Crippen LogP contribution is -2.55. The molecule has 10 heteroatoms. The molecule has 0 N–H and O–H groups in total. The smallest absolute Gasteiger partial charge is 0.240 e. The molecule has 4 aliphatic rings. The summed E-state index contributed by atoms with van der Waals surface area (Å²) < 4.78 is 26.8. The van der Waals surface area contributed by atoms with Gasteiger partial charge in [-0.3, -0.25) is 9.59 Å². The van der Waals surface area contributed by atoms with Gasteiger partial charge in [0.25, 0.3) is 0 Å². The Labute approximate surface area is 278 Å². The predicted molar refractivity (Wildman–Crippen MR) is 175 cm³/mol. The molecule has 0 saturated heterocycles. The summed E-state index contributed by atoms with van der Waals surface area (Å²) in [5, 5.41) is 0. The maximum atomic E-state index is 13.4. The summed E-state index contributed by atoms with van der Waals surface area (Å²) in [5.74, 6) is -1.82. The maximum absolute atomic E-state index is 13.4. The molecule has 0 fully saturated rings. The third-order valence-corrected chi connectivity index (χ3v) is 9.85. The summed E-state index contributed by atoms with van der Waals surface area (Å²) >= 11 is 0. The molecule has 8 nitrogen and oxygen atoms in total. The van der Waals surface area contributed by atoms with Crippen molar-refractivity contribution in [1.82, 2.24) is 9.80 Å². The fraction of sp³-hybridized carbons (Fsp3) is 0.316. The predicted octanol–water partition coefficient (Wildman–Crippen LogP) is 5.75. The number of hydrogen-bond acceptors (Lipinski definition) is 4. The van der Waals surface area contributed by atoms with Crippen LogP contribution in [0.3, 0.4) is 0 Å². The molecule has 0 aromatic heterocycles. The molecule has 0 saturated carbocycles. The average molecular weight is 649 g/mol. The maximum Gasteiger partial charge on any atom is 0.240 e. The number of nitrogens with zero attached hydrogens (tertiary/aromatic N) is 4. The highest BCUT2D eigenvalue weighted by Crippen LogP contribution is 2.53. The standard InChI is InChI=1S/2C19H17FN2O2/c2*1-18(2)15-9-10-22(4)17(24)19(15,11-14(21-3)16(18)23)12-5-7-13(20)8-6-12/h2*5-9,11H,10H2,1-2,4H3/t2*19-/m10/s1. The zero-order valence-corrected chi connectivity index (χ0v) is 27.5. The van der Waals surface area contributed by atoms with Crippen LogP contribution < -0.4 is 0 Å². The number of Topliss-reactive ketones (excluding diaryl/α,β-unsaturated/α-hetero) is 2. The van der Waals surface area contributed by atoms with Gasteiger partial charge in [-0.05, 0) is 46.5 Å². The number of allylic oxidation sites excluding steroid dienone is 2. The molecule has 2 aromatic rings. The molecule has 2 heterocycles. The summed E-state index contributed by atoms with van der Waals surface area (Å²) in [6, 6.07) is 11.3. The van der Waals surface area contributed by atoms with E-state index in [9.17, 15) is 28.0 Å². The number of hydrogen-bond donors (Lipinski definition) is 0. The van der Waals surface area contributed by atoms with E-state index in [1.807, 2.05) is 12.2 Å². The van der Waals surface area contributed by atoms with Crippen molar-refractivity contribution in [2.75, 3.05) is 27.2 Å². The molecule has 2 aliphatic heterocycles. The monoisotopic (exact) mass is 648 g/mol. The Morgan fingerprint density at radius 1 is 0.604 bits per heavy atom. The van der Waals surface area contributed by atoms with E-state index in [0.29, 0.717) is 35.4 Å². The number of carbonyl (C=O) groups is 4. The van der Waals surface area contributed by atoms with Crippen molar-refractivity contribution >= 4 is 23.4 Å². The molecule has 2 aliphatic carbocycles. The van der Waals surface area contributed by atoms with Gasteiger partial charge < -0.3 is 19.4 Å². The Balaban J connectivity index is 0.000000188. The molecule has 0 bridgehead atoms. The normalized spacial score (nSPS) is 25.5. The number of amides is 2. The summed E-state index contributed by atoms with van der Waals surface area (Å²) in [5.41, 5.74) is -2.09. The fourth-order valence-electron chi connectivity index (χ4n) is 7.29. The second-order valence-corrected chi connectivity index (χ2v) is 13.4. The first-order valence-electron chi connectivity index (χ1n) is 15.3. The van der Waals surface area contributed by atoms with Crippen molar-refractivity contribution in [2.45, 2.75) is 38.5 Å². The number of carbonyl (C=O) groups excluding carboxylic acids is 4. The molecule has 2 aromatic carbocycles. The summed E-state index contributed by atoms with van der Waals surface area (Å²) in [6.07, 6.45) is 6.65. The lowest BCUT2D eigenvalue weighted by molar-refractivity contribution is -0.136. The zero-order chi connectivity index (χ0) is 35.4. The Hall–Kier alpha value is -5.48. The molecule has 2 amide bonds. The van der Waals surface area contributed by atoms with Crippen LogP contribution in [0.5, 0.6) is 0 Å². The van der Waals surface area contributed by atoms with Crippen molar-refractivity contribution in [3.05, 3.63) is 141 Å². The minimum Gasteiger partial charge on any atom is -0.341 e. The minimum atomic E-state index is -1.24. The molecule has 0 radical (unpaired) electrons. The summed E-state index contributed by atoms with van der Waals surface area (Å²) in [4.78, 5) is 61.4. The third-order valence-electron chi connectivity index (χ3n) is 9.85. The number of benzene rings is 2. The molecule has 244 valence electrons. The highest BCUT2D eigenvalue weighted by atomic mass is 19.1. The summed E-state index contributed by atoms with van der Waals surface area (Å²) in [6.45, 7) is 22.4. The Kier molecular flexibility index (Phi) is 8.22. The number of likely N-dealkylation sites (N-methyl/N-ethyl adjacent to an activating group) is 2. The summed E-state index contributed by atoms with van der Waals surface area (Å²) in [7, 11) is 3.35. The zero-order valence-electron chi connectivity index (χ0n) is 27.5. The second kappa shape index (κ2) is 11.6. The fourth-order valence-corrected chi connectivity index (χ4v) is 7.29. The van der Waals surface area contributed by atoms with Gasteiger partial charge in [0.15, 0.2) is 11.6 Å². The van der Waals surface area contributed by atoms with Gasteiger partial charge in [-0.2, -0.15) is 0 Å². The van der Waals surface area contributed by atoms with E-state index < -0.39 is 33.3 Å². The first-order chi connectivity index (χ1) is 22.5. The van der Waals surface area contributed by atoms with Gasteiger partial charge in [-0.1, -0.05) is 76.3 Å². The van der Waals surface area contributed by atoms with E-state index in [-0.39, 0.29) is 34.8 Å². The molecule has 0 unspecified atom stereocenters. The first kappa shape index (κ1) is 33.9. The van der Waals surface area contributed by atoms with Crippen LogP contribution in [0.25, 0.3) is 9.69 Å². The number of halogens is 2. The SMILES string of the molecule is [C-]#[N+]C1=C[C@@]2(c3ccc(F)cc3)C(=O)N(C)CC=C2C(C)(C)C1=O.[C-]#[N+]C1=C[C@]2(c3ccc(F)cc3)C(=O)N(C)CC=C2C(C)(C)C1=O. The van der Waals surface area contributed by atoms with Crippen LogP contribution in [0.2, 0.25) is 0 Å². The van der Waals surface area contributed by atoms with E-state index in [1.54, 1.807) is 75.9 Å². The van der Waals surface area contributed by atoms with Crippen LogP contribution in [0.15, 0.2) is 95.4 Å². The third kappa shape index (κ3) is 4.83. The Bertz CT molecular complexity index is 1830. The van der Waals surface area contributed by atoms with E-state index in [4.69, 9.17) is 13.1 Å².